The second-order valence-electron chi connectivity index (χ2n) is 10.3. The third kappa shape index (κ3) is 8.43. The average Bonchev–Trinajstić information content (AvgIpc) is 2.92. The molecule has 3 heterocycles. The van der Waals surface area contributed by atoms with Crippen LogP contribution in [0.15, 0.2) is 34.9 Å². The van der Waals surface area contributed by atoms with Crippen molar-refractivity contribution >= 4 is 39.4 Å². The molecule has 2 fully saturated rings. The van der Waals surface area contributed by atoms with Crippen LogP contribution >= 0.6 is 27.5 Å². The van der Waals surface area contributed by atoms with E-state index in [9.17, 15) is 22.4 Å². The smallest absolute Gasteiger partial charge is 0.353 e. The molecule has 1 aromatic heterocycles. The number of aromatic nitrogens is 1. The lowest BCUT2D eigenvalue weighted by molar-refractivity contribution is -0.122. The van der Waals surface area contributed by atoms with E-state index in [0.717, 1.165) is 62.0 Å². The van der Waals surface area contributed by atoms with Gasteiger partial charge in [-0.2, -0.15) is 13.2 Å². The van der Waals surface area contributed by atoms with Gasteiger partial charge in [0.25, 0.3) is 0 Å². The molecular weight excluding hydrogens is 616 g/mol. The minimum Gasteiger partial charge on any atom is -0.353 e. The number of nitrogens with zero attached hydrogens (tertiary/aromatic N) is 4. The summed E-state index contributed by atoms with van der Waals surface area (Å²) in [5.41, 5.74) is 1.31. The van der Waals surface area contributed by atoms with Crippen molar-refractivity contribution in [2.24, 2.45) is 0 Å². The van der Waals surface area contributed by atoms with Gasteiger partial charge in [0.15, 0.2) is 0 Å². The van der Waals surface area contributed by atoms with E-state index in [1.165, 1.54) is 6.07 Å². The fraction of sp³-hybridized carbons (Fsp3) is 0.556. The molecule has 2 saturated heterocycles. The molecule has 224 valence electrons. The lowest BCUT2D eigenvalue weighted by Gasteiger charge is -2.47. The van der Waals surface area contributed by atoms with Gasteiger partial charge in [0.1, 0.15) is 18.2 Å². The Morgan fingerprint density at radius 2 is 1.93 bits per heavy atom. The highest BCUT2D eigenvalue weighted by atomic mass is 79.9. The monoisotopic (exact) mass is 652 g/mol. The van der Waals surface area contributed by atoms with Crippen LogP contribution in [0.4, 0.5) is 28.2 Å². The van der Waals surface area contributed by atoms with Gasteiger partial charge in [0.2, 0.25) is 0 Å². The number of carbonyl (C=O) groups is 1. The van der Waals surface area contributed by atoms with Crippen molar-refractivity contribution in [1.82, 2.24) is 25.4 Å². The first-order valence-electron chi connectivity index (χ1n) is 13.4. The number of alkyl halides is 3. The second kappa shape index (κ2) is 13.7. The van der Waals surface area contributed by atoms with Crippen LogP contribution in [0.5, 0.6) is 0 Å². The van der Waals surface area contributed by atoms with Crippen molar-refractivity contribution in [3.63, 3.8) is 0 Å². The summed E-state index contributed by atoms with van der Waals surface area (Å²) in [6, 6.07) is 6.82. The molecule has 0 saturated carbocycles. The van der Waals surface area contributed by atoms with Crippen LogP contribution in [-0.4, -0.2) is 78.3 Å². The Labute approximate surface area is 248 Å². The van der Waals surface area contributed by atoms with Crippen LogP contribution in [-0.2, 0) is 13.1 Å². The molecule has 13 heteroatoms. The molecule has 1 atom stereocenters. The molecule has 2 aromatic rings. The van der Waals surface area contributed by atoms with Gasteiger partial charge in [-0.25, -0.2) is 14.2 Å². The van der Waals surface area contributed by atoms with Crippen LogP contribution in [0.1, 0.15) is 40.2 Å². The molecule has 4 rings (SSSR count). The molecule has 0 aliphatic carbocycles. The van der Waals surface area contributed by atoms with E-state index in [4.69, 9.17) is 11.6 Å². The number of nitrogens with one attached hydrogen (secondary N) is 2. The van der Waals surface area contributed by atoms with Crippen LogP contribution in [0.25, 0.3) is 0 Å². The van der Waals surface area contributed by atoms with Crippen molar-refractivity contribution < 1.29 is 25.2 Å². The fourth-order valence-corrected chi connectivity index (χ4v) is 6.07. The number of urea groups is 1. The van der Waals surface area contributed by atoms with E-state index < -0.39 is 18.8 Å². The third-order valence-corrected chi connectivity index (χ3v) is 8.29. The van der Waals surface area contributed by atoms with Crippen LogP contribution in [0.3, 0.4) is 0 Å². The molecule has 2 aliphatic rings. The van der Waals surface area contributed by atoms with Gasteiger partial charge in [-0.3, -0.25) is 9.80 Å². The molecule has 1 aromatic carbocycles. The molecule has 0 unspecified atom stereocenters. The summed E-state index contributed by atoms with van der Waals surface area (Å²) >= 11 is 9.86. The minimum absolute atomic E-state index is 0. The summed E-state index contributed by atoms with van der Waals surface area (Å²) in [6.45, 7) is 5.69. The highest BCUT2D eigenvalue weighted by Crippen LogP contribution is 2.30. The number of amides is 2. The van der Waals surface area contributed by atoms with E-state index in [1.54, 1.807) is 17.6 Å². The third-order valence-electron chi connectivity index (χ3n) is 7.52. The number of carbonyl (C=O) groups excluding carboxylic acids is 1. The first-order chi connectivity index (χ1) is 19.0. The SMILES string of the molecule is CC[C@H]1CN(c2ncc(CNC(=O)NCC(F)(F)F)cc2Cl)CCN1C1CCN(Cc2ccc(Br)cc2F)CC1.[HH].[HH]. The number of piperidine rings is 1. The molecule has 0 spiro atoms. The lowest BCUT2D eigenvalue weighted by atomic mass is 9.97. The molecule has 2 N–H and O–H groups in total. The summed E-state index contributed by atoms with van der Waals surface area (Å²) in [7, 11) is 0. The quantitative estimate of drug-likeness (QED) is 0.340. The van der Waals surface area contributed by atoms with Crippen molar-refractivity contribution in [1.29, 1.82) is 0 Å². The van der Waals surface area contributed by atoms with E-state index in [2.05, 4.69) is 47.9 Å². The normalized spacial score (nSPS) is 19.6. The van der Waals surface area contributed by atoms with E-state index in [1.807, 2.05) is 12.1 Å². The topological polar surface area (TPSA) is 63.7 Å². The van der Waals surface area contributed by atoms with Crippen molar-refractivity contribution in [3.8, 4) is 0 Å². The molecular formula is C27H38BrClF4N6O. The van der Waals surface area contributed by atoms with E-state index in [0.29, 0.717) is 35.0 Å². The number of hydrogen-bond donors (Lipinski definition) is 2. The zero-order valence-corrected chi connectivity index (χ0v) is 24.6. The lowest BCUT2D eigenvalue weighted by Crippen LogP contribution is -2.58. The summed E-state index contributed by atoms with van der Waals surface area (Å²) in [5.74, 6) is 0.484. The maximum absolute atomic E-state index is 14.3. The molecule has 40 heavy (non-hydrogen) atoms. The van der Waals surface area contributed by atoms with Gasteiger partial charge in [0.05, 0.1) is 5.02 Å². The zero-order chi connectivity index (χ0) is 28.9. The van der Waals surface area contributed by atoms with Gasteiger partial charge in [-0.1, -0.05) is 40.5 Å². The van der Waals surface area contributed by atoms with Gasteiger partial charge >= 0.3 is 12.2 Å². The van der Waals surface area contributed by atoms with Gasteiger partial charge < -0.3 is 15.5 Å². The number of hydrogen-bond acceptors (Lipinski definition) is 5. The maximum atomic E-state index is 14.3. The zero-order valence-electron chi connectivity index (χ0n) is 22.3. The predicted octanol–water partition coefficient (Wildman–Crippen LogP) is 6.06. The average molecular weight is 654 g/mol. The summed E-state index contributed by atoms with van der Waals surface area (Å²) in [4.78, 5) is 23.2. The number of pyridine rings is 1. The first kappa shape index (κ1) is 30.8. The van der Waals surface area contributed by atoms with Crippen molar-refractivity contribution in [3.05, 3.63) is 56.9 Å². The largest absolute Gasteiger partial charge is 0.405 e. The van der Waals surface area contributed by atoms with Gasteiger partial charge in [0, 0.05) is 63.9 Å². The number of anilines is 1. The minimum atomic E-state index is -4.47. The van der Waals surface area contributed by atoms with Gasteiger partial charge in [-0.15, -0.1) is 0 Å². The Hall–Kier alpha value is -2.15. The van der Waals surface area contributed by atoms with Crippen LogP contribution < -0.4 is 15.5 Å². The number of benzene rings is 1. The van der Waals surface area contributed by atoms with Crippen LogP contribution in [0.2, 0.25) is 5.02 Å². The first-order valence-corrected chi connectivity index (χ1v) is 14.6. The Morgan fingerprint density at radius 1 is 1.18 bits per heavy atom. The van der Waals surface area contributed by atoms with Gasteiger partial charge in [-0.05, 0) is 56.1 Å². The molecule has 0 radical (unpaired) electrons. The number of halogens is 6. The highest BCUT2D eigenvalue weighted by Gasteiger charge is 2.34. The number of piperazine rings is 1. The molecule has 0 bridgehead atoms. The summed E-state index contributed by atoms with van der Waals surface area (Å²) in [6.07, 6.45) is 0.163. The van der Waals surface area contributed by atoms with Crippen molar-refractivity contribution in [2.45, 2.75) is 57.5 Å². The highest BCUT2D eigenvalue weighted by molar-refractivity contribution is 9.10. The predicted molar refractivity (Wildman–Crippen MR) is 155 cm³/mol. The van der Waals surface area contributed by atoms with E-state index in [-0.39, 0.29) is 15.2 Å². The molecule has 2 aliphatic heterocycles. The van der Waals surface area contributed by atoms with E-state index >= 15 is 0 Å². The number of likely N-dealkylation sites (tertiary alicyclic amines) is 1. The fourth-order valence-electron chi connectivity index (χ4n) is 5.43. The van der Waals surface area contributed by atoms with Crippen molar-refractivity contribution in [2.75, 3.05) is 44.2 Å². The Kier molecular flexibility index (Phi) is 10.5. The second-order valence-corrected chi connectivity index (χ2v) is 11.6. The Bertz CT molecular complexity index is 1180. The summed E-state index contributed by atoms with van der Waals surface area (Å²) < 4.78 is 51.8. The maximum Gasteiger partial charge on any atom is 0.405 e. The van der Waals surface area contributed by atoms with Crippen LogP contribution in [0, 0.1) is 5.82 Å². The standard InChI is InChI=1S/C27H34BrClF4N6O.2H2/c1-2-21-16-38(25-23(29)11-18(13-34-25)14-35-26(40)36-17-27(31,32)33)9-10-39(21)22-5-7-37(8-6-22)15-19-3-4-20(28)12-24(19)30;;/h3-4,11-13,21-22H,2,5-10,14-17H2,1H3,(H2,35,36,40);2*1H/t21-;;/m0../s1. The molecule has 7 nitrogen and oxygen atoms in total. The Balaban J connectivity index is 0.00000308. The summed E-state index contributed by atoms with van der Waals surface area (Å²) in [5, 5.41) is 4.59. The Morgan fingerprint density at radius 3 is 2.58 bits per heavy atom. The molecule has 2 amide bonds. The number of rotatable bonds is 8.